The van der Waals surface area contributed by atoms with Crippen molar-refractivity contribution in [2.75, 3.05) is 40.7 Å². The Morgan fingerprint density at radius 2 is 1.79 bits per heavy atom. The number of benzene rings is 1. The summed E-state index contributed by atoms with van der Waals surface area (Å²) in [5, 5.41) is 7.42. The summed E-state index contributed by atoms with van der Waals surface area (Å²) in [7, 11) is 2.70. The van der Waals surface area contributed by atoms with Crippen molar-refractivity contribution in [1.29, 1.82) is 0 Å². The average molecular weight is 538 g/mol. The SMILES string of the molecule is CNC(=O)CNC(=O)OCCOc1ccc(OCOOC(=O)NC2CCC(C)CC2)c(/C=C/C(=O)OC)c1. The van der Waals surface area contributed by atoms with Crippen LogP contribution in [0.25, 0.3) is 6.08 Å². The van der Waals surface area contributed by atoms with Crippen LogP contribution in [-0.4, -0.2) is 70.8 Å². The molecule has 0 atom stereocenters. The maximum absolute atomic E-state index is 11.9. The molecule has 210 valence electrons. The van der Waals surface area contributed by atoms with E-state index in [2.05, 4.69) is 27.6 Å². The zero-order valence-electron chi connectivity index (χ0n) is 21.8. The van der Waals surface area contributed by atoms with Crippen molar-refractivity contribution in [2.45, 2.75) is 38.6 Å². The van der Waals surface area contributed by atoms with Crippen molar-refractivity contribution >= 4 is 30.1 Å². The summed E-state index contributed by atoms with van der Waals surface area (Å²) in [4.78, 5) is 55.7. The van der Waals surface area contributed by atoms with Gasteiger partial charge >= 0.3 is 18.2 Å². The normalized spacial score (nSPS) is 16.7. The molecule has 1 aliphatic carbocycles. The summed E-state index contributed by atoms with van der Waals surface area (Å²) in [6.07, 6.45) is 5.10. The third-order valence-electron chi connectivity index (χ3n) is 5.57. The number of esters is 1. The van der Waals surface area contributed by atoms with Gasteiger partial charge in [0, 0.05) is 24.7 Å². The molecule has 3 N–H and O–H groups in total. The van der Waals surface area contributed by atoms with Crippen LogP contribution >= 0.6 is 0 Å². The Bertz CT molecular complexity index is 961. The van der Waals surface area contributed by atoms with Gasteiger partial charge in [0.15, 0.2) is 0 Å². The summed E-state index contributed by atoms with van der Waals surface area (Å²) >= 11 is 0. The van der Waals surface area contributed by atoms with E-state index in [9.17, 15) is 19.2 Å². The van der Waals surface area contributed by atoms with E-state index in [0.717, 1.165) is 25.7 Å². The fourth-order valence-electron chi connectivity index (χ4n) is 3.45. The van der Waals surface area contributed by atoms with Gasteiger partial charge < -0.3 is 34.9 Å². The van der Waals surface area contributed by atoms with E-state index < -0.39 is 24.9 Å². The first-order chi connectivity index (χ1) is 18.3. The molecule has 1 fully saturated rings. The number of amides is 3. The van der Waals surface area contributed by atoms with Gasteiger partial charge in [0.25, 0.3) is 0 Å². The summed E-state index contributed by atoms with van der Waals surface area (Å²) < 4.78 is 20.6. The lowest BCUT2D eigenvalue weighted by Crippen LogP contribution is -2.37. The topological polar surface area (TPSA) is 160 Å². The highest BCUT2D eigenvalue weighted by Gasteiger charge is 2.20. The maximum Gasteiger partial charge on any atom is 0.439 e. The van der Waals surface area contributed by atoms with Crippen molar-refractivity contribution in [2.24, 2.45) is 5.92 Å². The highest BCUT2D eigenvalue weighted by atomic mass is 17.2. The molecule has 1 saturated carbocycles. The van der Waals surface area contributed by atoms with Gasteiger partial charge in [0.05, 0.1) is 13.7 Å². The zero-order chi connectivity index (χ0) is 27.8. The molecule has 13 nitrogen and oxygen atoms in total. The van der Waals surface area contributed by atoms with E-state index in [4.69, 9.17) is 24.0 Å². The summed E-state index contributed by atoms with van der Waals surface area (Å²) in [5.41, 5.74) is 0.446. The van der Waals surface area contributed by atoms with Crippen molar-refractivity contribution in [1.82, 2.24) is 16.0 Å². The molecule has 0 bridgehead atoms. The molecule has 1 aromatic rings. The molecule has 1 aromatic carbocycles. The number of rotatable bonds is 13. The van der Waals surface area contributed by atoms with Crippen LogP contribution < -0.4 is 25.4 Å². The first-order valence-electron chi connectivity index (χ1n) is 12.2. The first-order valence-corrected chi connectivity index (χ1v) is 12.2. The van der Waals surface area contributed by atoms with Crippen LogP contribution in [0.4, 0.5) is 9.59 Å². The minimum Gasteiger partial charge on any atom is -0.490 e. The van der Waals surface area contributed by atoms with Crippen molar-refractivity contribution in [3.8, 4) is 11.5 Å². The van der Waals surface area contributed by atoms with E-state index in [0.29, 0.717) is 23.0 Å². The van der Waals surface area contributed by atoms with Crippen LogP contribution in [0, 0.1) is 5.92 Å². The van der Waals surface area contributed by atoms with E-state index in [1.54, 1.807) is 18.2 Å². The summed E-state index contributed by atoms with van der Waals surface area (Å²) in [5.74, 6) is 0.436. The van der Waals surface area contributed by atoms with Crippen LogP contribution in [0.5, 0.6) is 11.5 Å². The van der Waals surface area contributed by atoms with Gasteiger partial charge in [-0.05, 0) is 55.9 Å². The second-order valence-electron chi connectivity index (χ2n) is 8.42. The molecule has 1 aliphatic rings. The number of likely N-dealkylation sites (N-methyl/N-ethyl adjacent to an activating group) is 1. The number of nitrogens with one attached hydrogen (secondary N) is 3. The predicted molar refractivity (Wildman–Crippen MR) is 134 cm³/mol. The van der Waals surface area contributed by atoms with Gasteiger partial charge in [-0.15, -0.1) is 4.89 Å². The molecule has 0 saturated heterocycles. The number of carbonyl (C=O) groups is 4. The van der Waals surface area contributed by atoms with Gasteiger partial charge in [-0.3, -0.25) is 9.68 Å². The van der Waals surface area contributed by atoms with Gasteiger partial charge in [-0.25, -0.2) is 14.4 Å². The molecule has 0 aliphatic heterocycles. The lowest BCUT2D eigenvalue weighted by molar-refractivity contribution is -0.273. The smallest absolute Gasteiger partial charge is 0.439 e. The molecule has 3 amide bonds. The quantitative estimate of drug-likeness (QED) is 0.0851. The third kappa shape index (κ3) is 11.8. The molecular formula is C25H35N3O10. The highest BCUT2D eigenvalue weighted by molar-refractivity contribution is 5.87. The first kappa shape index (κ1) is 30.2. The monoisotopic (exact) mass is 537 g/mol. The Hall–Kier alpha value is -4.00. The number of methoxy groups -OCH3 is 1. The number of carbonyl (C=O) groups excluding carboxylic acids is 4. The van der Waals surface area contributed by atoms with E-state index >= 15 is 0 Å². The molecule has 0 spiro atoms. The van der Waals surface area contributed by atoms with E-state index in [1.807, 2.05) is 0 Å². The zero-order valence-corrected chi connectivity index (χ0v) is 21.8. The van der Waals surface area contributed by atoms with E-state index in [1.165, 1.54) is 26.3 Å². The molecule has 0 unspecified atom stereocenters. The molecule has 0 aromatic heterocycles. The van der Waals surface area contributed by atoms with Gasteiger partial charge in [0.2, 0.25) is 12.7 Å². The van der Waals surface area contributed by atoms with Gasteiger partial charge in [-0.1, -0.05) is 6.92 Å². The second kappa shape index (κ2) is 16.7. The lowest BCUT2D eigenvalue weighted by atomic mass is 9.87. The van der Waals surface area contributed by atoms with Gasteiger partial charge in [0.1, 0.15) is 24.7 Å². The standard InChI is InChI=1S/C25H35N3O10/c1-17-4-7-19(8-5-17)28-25(32)38-37-16-36-21-10-9-20(14-18(21)6-11-23(30)33-3)34-12-13-35-24(31)27-15-22(29)26-2/h6,9-11,14,17,19H,4-5,7-8,12-13,15-16H2,1-3H3,(H,26,29)(H,27,31)(H,28,32)/b11-6+. The molecule has 2 rings (SSSR count). The Balaban J connectivity index is 1.82. The Morgan fingerprint density at radius 1 is 1.03 bits per heavy atom. The Morgan fingerprint density at radius 3 is 2.50 bits per heavy atom. The third-order valence-corrected chi connectivity index (χ3v) is 5.57. The van der Waals surface area contributed by atoms with Crippen molar-refractivity contribution in [3.05, 3.63) is 29.8 Å². The fourth-order valence-corrected chi connectivity index (χ4v) is 3.45. The predicted octanol–water partition coefficient (Wildman–Crippen LogP) is 2.30. The average Bonchev–Trinajstić information content (AvgIpc) is 2.92. The van der Waals surface area contributed by atoms with Crippen molar-refractivity contribution < 1.29 is 47.9 Å². The van der Waals surface area contributed by atoms with Crippen LogP contribution in [0.2, 0.25) is 0 Å². The molecule has 0 heterocycles. The second-order valence-corrected chi connectivity index (χ2v) is 8.42. The Labute approximate surface area is 221 Å². The minimum absolute atomic E-state index is 0.0275. The van der Waals surface area contributed by atoms with Crippen LogP contribution in [0.15, 0.2) is 24.3 Å². The molecule has 13 heteroatoms. The molecular weight excluding hydrogens is 502 g/mol. The largest absolute Gasteiger partial charge is 0.490 e. The lowest BCUT2D eigenvalue weighted by Gasteiger charge is -2.26. The van der Waals surface area contributed by atoms with Crippen LogP contribution in [-0.2, 0) is 28.8 Å². The van der Waals surface area contributed by atoms with Gasteiger partial charge in [-0.2, -0.15) is 0 Å². The Kier molecular flexibility index (Phi) is 13.3. The van der Waals surface area contributed by atoms with Crippen molar-refractivity contribution in [3.63, 3.8) is 0 Å². The minimum atomic E-state index is -0.758. The van der Waals surface area contributed by atoms with Crippen LogP contribution in [0.3, 0.4) is 0 Å². The number of hydrogen-bond donors (Lipinski definition) is 3. The number of hydrogen-bond acceptors (Lipinski definition) is 10. The van der Waals surface area contributed by atoms with Crippen LogP contribution in [0.1, 0.15) is 38.2 Å². The summed E-state index contributed by atoms with van der Waals surface area (Å²) in [6.45, 7) is 1.55. The molecule has 38 heavy (non-hydrogen) atoms. The maximum atomic E-state index is 11.9. The number of ether oxygens (including phenoxy) is 4. The number of alkyl carbamates (subject to hydrolysis) is 1. The highest BCUT2D eigenvalue weighted by Crippen LogP contribution is 2.26. The van der Waals surface area contributed by atoms with E-state index in [-0.39, 0.29) is 31.7 Å². The molecule has 0 radical (unpaired) electrons. The summed E-state index contributed by atoms with van der Waals surface area (Å²) in [6, 6.07) is 4.80. The fraction of sp³-hybridized carbons (Fsp3) is 0.520.